The Balaban J connectivity index is 6.86. The Morgan fingerprint density at radius 1 is 0.423 bits per heavy atom. The van der Waals surface area contributed by atoms with E-state index in [0.717, 1.165) is 0 Å². The van der Waals surface area contributed by atoms with Crippen LogP contribution in [-0.2, 0) is 0 Å². The molecule has 0 fully saturated rings. The normalized spacial score (nSPS) is 16.8. The van der Waals surface area contributed by atoms with Gasteiger partial charge in [-0.3, -0.25) is 0 Å². The topological polar surface area (TPSA) is 20.2 Å². The van der Waals surface area contributed by atoms with Gasteiger partial charge >= 0.3 is 41.7 Å². The van der Waals surface area contributed by atoms with Crippen molar-refractivity contribution in [1.29, 1.82) is 0 Å². The molecule has 0 aliphatic carbocycles. The molecule has 0 saturated heterocycles. The highest BCUT2D eigenvalue weighted by atomic mass is 19.4. The molecular formula is C10H7F15O. The third kappa shape index (κ3) is 2.87. The summed E-state index contributed by atoms with van der Waals surface area (Å²) in [6.45, 7) is -0.767. The van der Waals surface area contributed by atoms with Crippen molar-refractivity contribution in [3.63, 3.8) is 0 Å². The third-order valence-electron chi connectivity index (χ3n) is 3.17. The summed E-state index contributed by atoms with van der Waals surface area (Å²) in [6.07, 6.45) is -15.9. The maximum Gasteiger partial charge on any atom is 0.438 e. The summed E-state index contributed by atoms with van der Waals surface area (Å²) < 4.78 is 192. The van der Waals surface area contributed by atoms with Crippen LogP contribution in [0.5, 0.6) is 0 Å². The highest BCUT2D eigenvalue weighted by Crippen LogP contribution is 2.64. The van der Waals surface area contributed by atoms with Gasteiger partial charge in [0.15, 0.2) is 0 Å². The summed E-state index contributed by atoms with van der Waals surface area (Å²) in [5, 5.41) is 8.69. The molecule has 0 aromatic carbocycles. The van der Waals surface area contributed by atoms with E-state index in [9.17, 15) is 65.9 Å². The van der Waals surface area contributed by atoms with Crippen LogP contribution in [0, 0.1) is 0 Å². The number of rotatable bonds is 5. The quantitative estimate of drug-likeness (QED) is 0.603. The molecule has 1 nitrogen and oxygen atoms in total. The van der Waals surface area contributed by atoms with Crippen molar-refractivity contribution in [3.05, 3.63) is 0 Å². The maximum absolute atomic E-state index is 13.2. The Morgan fingerprint density at radius 2 is 0.654 bits per heavy atom. The first-order chi connectivity index (χ1) is 10.8. The highest BCUT2D eigenvalue weighted by molar-refractivity contribution is 5.18. The van der Waals surface area contributed by atoms with Gasteiger partial charge in [0.05, 0.1) is 0 Å². The molecule has 0 atom stereocenters. The fourth-order valence-corrected chi connectivity index (χ4v) is 1.51. The molecule has 26 heavy (non-hydrogen) atoms. The van der Waals surface area contributed by atoms with Gasteiger partial charge < -0.3 is 5.11 Å². The lowest BCUT2D eigenvalue weighted by Gasteiger charge is -2.45. The standard InChI is InChI=1S/C10H7F15O/c1-3(2,26)5(12,13)7(16,17)8(18,19)6(14,15)4(11,9(20,21)22)10(23,24)25/h26H,1-2H3. The molecule has 0 aliphatic rings. The van der Waals surface area contributed by atoms with Gasteiger partial charge in [-0.25, -0.2) is 4.39 Å². The average molecular weight is 428 g/mol. The molecular weight excluding hydrogens is 421 g/mol. The number of hydrogen-bond donors (Lipinski definition) is 1. The lowest BCUT2D eigenvalue weighted by atomic mass is 9.82. The zero-order chi connectivity index (χ0) is 22.0. The molecule has 0 spiro atoms. The molecule has 0 aromatic heterocycles. The Bertz CT molecular complexity index is 506. The van der Waals surface area contributed by atoms with E-state index in [1.807, 2.05) is 0 Å². The zero-order valence-corrected chi connectivity index (χ0v) is 12.1. The minimum atomic E-state index is -8.46. The van der Waals surface area contributed by atoms with E-state index in [1.54, 1.807) is 0 Å². The lowest BCUT2D eigenvalue weighted by Crippen LogP contribution is -2.77. The van der Waals surface area contributed by atoms with E-state index in [1.165, 1.54) is 0 Å². The Morgan fingerprint density at radius 3 is 0.846 bits per heavy atom. The first kappa shape index (κ1) is 24.9. The first-order valence-electron chi connectivity index (χ1n) is 5.81. The van der Waals surface area contributed by atoms with Crippen molar-refractivity contribution in [3.8, 4) is 0 Å². The van der Waals surface area contributed by atoms with Gasteiger partial charge in [-0.05, 0) is 13.8 Å². The molecule has 0 radical (unpaired) electrons. The van der Waals surface area contributed by atoms with Gasteiger partial charge in [-0.1, -0.05) is 0 Å². The Labute approximate surface area is 133 Å². The average Bonchev–Trinajstić information content (AvgIpc) is 2.32. The summed E-state index contributed by atoms with van der Waals surface area (Å²) in [5.41, 5.74) is -12.7. The molecule has 0 unspecified atom stereocenters. The second-order valence-corrected chi connectivity index (χ2v) is 5.51. The lowest BCUT2D eigenvalue weighted by molar-refractivity contribution is -0.462. The van der Waals surface area contributed by atoms with Crippen LogP contribution in [0.2, 0.25) is 0 Å². The highest BCUT2D eigenvalue weighted by Gasteiger charge is 2.96. The van der Waals surface area contributed by atoms with Crippen LogP contribution >= 0.6 is 0 Å². The van der Waals surface area contributed by atoms with Crippen LogP contribution in [0.1, 0.15) is 13.8 Å². The van der Waals surface area contributed by atoms with E-state index >= 15 is 0 Å². The van der Waals surface area contributed by atoms with Gasteiger partial charge in [-0.2, -0.15) is 61.5 Å². The van der Waals surface area contributed by atoms with Gasteiger partial charge in [0.1, 0.15) is 5.60 Å². The predicted octanol–water partition coefficient (Wildman–Crippen LogP) is 5.13. The number of hydrogen-bond acceptors (Lipinski definition) is 1. The zero-order valence-electron chi connectivity index (χ0n) is 12.1. The maximum atomic E-state index is 13.2. The van der Waals surface area contributed by atoms with Crippen molar-refractivity contribution >= 4 is 0 Å². The molecule has 0 rings (SSSR count). The van der Waals surface area contributed by atoms with Crippen molar-refractivity contribution < 1.29 is 71.0 Å². The van der Waals surface area contributed by atoms with Gasteiger partial charge in [-0.15, -0.1) is 0 Å². The SMILES string of the molecule is CC(C)(O)C(F)(F)C(F)(F)C(F)(F)C(F)(F)C(F)(C(F)(F)F)C(F)(F)F. The van der Waals surface area contributed by atoms with Gasteiger partial charge in [0, 0.05) is 0 Å². The van der Waals surface area contributed by atoms with Crippen LogP contribution < -0.4 is 0 Å². The number of aliphatic hydroxyl groups is 1. The minimum Gasteiger partial charge on any atom is -0.384 e. The summed E-state index contributed by atoms with van der Waals surface area (Å²) in [7, 11) is 0. The fourth-order valence-electron chi connectivity index (χ4n) is 1.51. The molecule has 0 aliphatic heterocycles. The predicted molar refractivity (Wildman–Crippen MR) is 52.0 cm³/mol. The minimum absolute atomic E-state index is 0.384. The van der Waals surface area contributed by atoms with Crippen molar-refractivity contribution in [2.45, 2.75) is 61.2 Å². The van der Waals surface area contributed by atoms with E-state index in [-0.39, 0.29) is 13.8 Å². The molecule has 0 aromatic rings. The fraction of sp³-hybridized carbons (Fsp3) is 1.00. The van der Waals surface area contributed by atoms with Gasteiger partial charge in [0.25, 0.3) is 0 Å². The largest absolute Gasteiger partial charge is 0.438 e. The van der Waals surface area contributed by atoms with Crippen LogP contribution in [0.25, 0.3) is 0 Å². The first-order valence-corrected chi connectivity index (χ1v) is 5.81. The summed E-state index contributed by atoms with van der Waals surface area (Å²) in [4.78, 5) is 0. The summed E-state index contributed by atoms with van der Waals surface area (Å²) in [6, 6.07) is 0. The van der Waals surface area contributed by atoms with Crippen LogP contribution in [0.3, 0.4) is 0 Å². The number of halogens is 15. The summed E-state index contributed by atoms with van der Waals surface area (Å²) >= 11 is 0. The molecule has 0 saturated carbocycles. The number of alkyl halides is 15. The van der Waals surface area contributed by atoms with Gasteiger partial charge in [0.2, 0.25) is 0 Å². The van der Waals surface area contributed by atoms with E-state index in [2.05, 4.69) is 0 Å². The molecule has 0 amide bonds. The smallest absolute Gasteiger partial charge is 0.384 e. The second-order valence-electron chi connectivity index (χ2n) is 5.51. The van der Waals surface area contributed by atoms with E-state index < -0.39 is 47.3 Å². The van der Waals surface area contributed by atoms with E-state index in [4.69, 9.17) is 5.11 Å². The van der Waals surface area contributed by atoms with E-state index in [0.29, 0.717) is 0 Å². The third-order valence-corrected chi connectivity index (χ3v) is 3.17. The van der Waals surface area contributed by atoms with Crippen molar-refractivity contribution in [2.24, 2.45) is 0 Å². The molecule has 1 N–H and O–H groups in total. The summed E-state index contributed by atoms with van der Waals surface area (Å²) in [5.74, 6) is -31.2. The van der Waals surface area contributed by atoms with Crippen LogP contribution in [0.4, 0.5) is 65.9 Å². The molecule has 158 valence electrons. The molecule has 0 heterocycles. The van der Waals surface area contributed by atoms with Crippen LogP contribution in [-0.4, -0.2) is 52.4 Å². The van der Waals surface area contributed by atoms with Crippen molar-refractivity contribution in [1.82, 2.24) is 0 Å². The second kappa shape index (κ2) is 5.70. The monoisotopic (exact) mass is 428 g/mol. The Hall–Kier alpha value is -1.09. The van der Waals surface area contributed by atoms with Crippen molar-refractivity contribution in [2.75, 3.05) is 0 Å². The van der Waals surface area contributed by atoms with Crippen LogP contribution in [0.15, 0.2) is 0 Å². The molecule has 0 bridgehead atoms. The Kier molecular flexibility index (Phi) is 5.46. The molecule has 16 heteroatoms.